The van der Waals surface area contributed by atoms with Crippen LogP contribution in [0.3, 0.4) is 0 Å². The summed E-state index contributed by atoms with van der Waals surface area (Å²) in [5, 5.41) is 10.2. The summed E-state index contributed by atoms with van der Waals surface area (Å²) in [7, 11) is 2.17. The summed E-state index contributed by atoms with van der Waals surface area (Å²) in [5.41, 5.74) is 2.32. The number of halogens is 1. The van der Waals surface area contributed by atoms with E-state index in [-0.39, 0.29) is 17.5 Å². The van der Waals surface area contributed by atoms with Gasteiger partial charge in [-0.05, 0) is 74.7 Å². The lowest BCUT2D eigenvalue weighted by Crippen LogP contribution is -2.34. The molecule has 2 nitrogen and oxygen atoms in total. The summed E-state index contributed by atoms with van der Waals surface area (Å²) in [4.78, 5) is 2.40. The molecule has 1 unspecified atom stereocenters. The molecule has 0 radical (unpaired) electrons. The minimum atomic E-state index is -0.167. The smallest absolute Gasteiger partial charge is 0.133 e. The van der Waals surface area contributed by atoms with Crippen LogP contribution in [0.4, 0.5) is 4.39 Å². The van der Waals surface area contributed by atoms with Crippen LogP contribution in [0.25, 0.3) is 0 Å². The maximum absolute atomic E-state index is 15.0. The Kier molecular flexibility index (Phi) is 6.07. The highest BCUT2D eigenvalue weighted by Gasteiger charge is 2.26. The van der Waals surface area contributed by atoms with Crippen molar-refractivity contribution in [2.75, 3.05) is 13.6 Å². The predicted molar refractivity (Wildman–Crippen MR) is 94.7 cm³/mol. The number of aromatic hydroxyl groups is 1. The highest BCUT2D eigenvalue weighted by molar-refractivity contribution is 5.46. The Hall–Kier alpha value is -1.09. The molecule has 1 aromatic rings. The Balaban J connectivity index is 2.26. The van der Waals surface area contributed by atoms with Gasteiger partial charge in [0.15, 0.2) is 0 Å². The lowest BCUT2D eigenvalue weighted by atomic mass is 9.92. The number of phenols is 1. The van der Waals surface area contributed by atoms with Gasteiger partial charge in [0.2, 0.25) is 0 Å². The maximum Gasteiger partial charge on any atom is 0.133 e. The van der Waals surface area contributed by atoms with Crippen LogP contribution in [0.1, 0.15) is 69.6 Å². The monoisotopic (exact) mass is 321 g/mol. The second kappa shape index (κ2) is 7.65. The Bertz CT molecular complexity index is 539. The summed E-state index contributed by atoms with van der Waals surface area (Å²) in [6, 6.07) is 2.21. The van der Waals surface area contributed by atoms with E-state index in [4.69, 9.17) is 0 Å². The van der Waals surface area contributed by atoms with Gasteiger partial charge in [-0.15, -0.1) is 0 Å². The molecule has 3 heteroatoms. The quantitative estimate of drug-likeness (QED) is 0.781. The SMILES string of the molecule is CC(C)CCN(C)C1CCCc2cc(O)c(C(C)C)c(F)c2C1. The van der Waals surface area contributed by atoms with Gasteiger partial charge in [-0.25, -0.2) is 4.39 Å². The molecule has 1 aromatic carbocycles. The standard InChI is InChI=1S/C20H32FNO/c1-13(2)9-10-22(5)16-8-6-7-15-11-18(23)19(14(3)4)20(21)17(15)12-16/h11,13-14,16,23H,6-10,12H2,1-5H3. The summed E-state index contributed by atoms with van der Waals surface area (Å²) in [6.45, 7) is 9.43. The van der Waals surface area contributed by atoms with E-state index in [1.165, 1.54) is 6.42 Å². The number of phenolic OH excluding ortho intramolecular Hbond substituents is 1. The topological polar surface area (TPSA) is 23.5 Å². The number of hydrogen-bond donors (Lipinski definition) is 1. The van der Waals surface area contributed by atoms with Gasteiger partial charge in [-0.1, -0.05) is 27.7 Å². The largest absolute Gasteiger partial charge is 0.508 e. The highest BCUT2D eigenvalue weighted by Crippen LogP contribution is 2.36. The van der Waals surface area contributed by atoms with Crippen molar-refractivity contribution in [2.45, 2.75) is 71.8 Å². The summed E-state index contributed by atoms with van der Waals surface area (Å²) in [6.07, 6.45) is 4.96. The molecule has 0 bridgehead atoms. The number of hydrogen-bond acceptors (Lipinski definition) is 2. The molecular formula is C20H32FNO. The molecular weight excluding hydrogens is 289 g/mol. The van der Waals surface area contributed by atoms with Crippen LogP contribution < -0.4 is 0 Å². The first-order chi connectivity index (χ1) is 10.8. The Morgan fingerprint density at radius 3 is 2.61 bits per heavy atom. The van der Waals surface area contributed by atoms with Crippen molar-refractivity contribution < 1.29 is 9.50 Å². The van der Waals surface area contributed by atoms with Crippen LogP contribution in [0.2, 0.25) is 0 Å². The van der Waals surface area contributed by atoms with Crippen LogP contribution in [0, 0.1) is 11.7 Å². The number of rotatable bonds is 5. The van der Waals surface area contributed by atoms with E-state index in [9.17, 15) is 5.11 Å². The zero-order valence-electron chi connectivity index (χ0n) is 15.3. The van der Waals surface area contributed by atoms with Crippen molar-refractivity contribution in [3.63, 3.8) is 0 Å². The number of fused-ring (bicyclic) bond motifs is 1. The van der Waals surface area contributed by atoms with Crippen molar-refractivity contribution >= 4 is 0 Å². The summed E-state index contributed by atoms with van der Waals surface area (Å²) < 4.78 is 15.0. The number of likely N-dealkylation sites (N-methyl/N-ethyl adjacent to an activating group) is 1. The average Bonchev–Trinajstić information content (AvgIpc) is 2.67. The molecule has 1 N–H and O–H groups in total. The molecule has 1 atom stereocenters. The summed E-state index contributed by atoms with van der Waals surface area (Å²) in [5.74, 6) is 0.652. The summed E-state index contributed by atoms with van der Waals surface area (Å²) >= 11 is 0. The highest BCUT2D eigenvalue weighted by atomic mass is 19.1. The Morgan fingerprint density at radius 2 is 2.00 bits per heavy atom. The molecule has 0 aromatic heterocycles. The van der Waals surface area contributed by atoms with Crippen molar-refractivity contribution in [3.05, 3.63) is 28.6 Å². The van der Waals surface area contributed by atoms with Crippen LogP contribution in [-0.2, 0) is 12.8 Å². The van der Waals surface area contributed by atoms with E-state index in [2.05, 4.69) is 25.8 Å². The maximum atomic E-state index is 15.0. The van der Waals surface area contributed by atoms with Crippen molar-refractivity contribution in [2.24, 2.45) is 5.92 Å². The van der Waals surface area contributed by atoms with Crippen molar-refractivity contribution in [1.29, 1.82) is 0 Å². The first-order valence-corrected chi connectivity index (χ1v) is 9.04. The molecule has 0 heterocycles. The van der Waals surface area contributed by atoms with E-state index in [1.807, 2.05) is 19.9 Å². The van der Waals surface area contributed by atoms with E-state index in [0.29, 0.717) is 17.5 Å². The van der Waals surface area contributed by atoms with Crippen molar-refractivity contribution in [3.8, 4) is 5.75 Å². The molecule has 130 valence electrons. The number of aryl methyl sites for hydroxylation is 1. The average molecular weight is 321 g/mol. The second-order valence-corrected chi connectivity index (χ2v) is 7.83. The van der Waals surface area contributed by atoms with E-state index in [1.54, 1.807) is 0 Å². The lowest BCUT2D eigenvalue weighted by Gasteiger charge is -2.28. The third-order valence-corrected chi connectivity index (χ3v) is 5.16. The molecule has 0 saturated carbocycles. The van der Waals surface area contributed by atoms with E-state index in [0.717, 1.165) is 43.4 Å². The van der Waals surface area contributed by atoms with Gasteiger partial charge in [-0.3, -0.25) is 0 Å². The Morgan fingerprint density at radius 1 is 1.30 bits per heavy atom. The van der Waals surface area contributed by atoms with Crippen molar-refractivity contribution in [1.82, 2.24) is 4.90 Å². The second-order valence-electron chi connectivity index (χ2n) is 7.83. The molecule has 0 amide bonds. The third kappa shape index (κ3) is 4.26. The molecule has 1 aliphatic carbocycles. The lowest BCUT2D eigenvalue weighted by molar-refractivity contribution is 0.216. The molecule has 23 heavy (non-hydrogen) atoms. The van der Waals surface area contributed by atoms with E-state index < -0.39 is 0 Å². The van der Waals surface area contributed by atoms with Gasteiger partial charge in [0, 0.05) is 11.6 Å². The third-order valence-electron chi connectivity index (χ3n) is 5.16. The fourth-order valence-electron chi connectivity index (χ4n) is 3.63. The fraction of sp³-hybridized carbons (Fsp3) is 0.700. The van der Waals surface area contributed by atoms with Crippen LogP contribution in [0.5, 0.6) is 5.75 Å². The van der Waals surface area contributed by atoms with Gasteiger partial charge >= 0.3 is 0 Å². The predicted octanol–water partition coefficient (Wildman–Crippen LogP) is 4.88. The molecule has 2 rings (SSSR count). The molecule has 1 aliphatic rings. The molecule has 0 fully saturated rings. The van der Waals surface area contributed by atoms with Crippen LogP contribution in [-0.4, -0.2) is 29.6 Å². The fourth-order valence-corrected chi connectivity index (χ4v) is 3.63. The first kappa shape index (κ1) is 18.3. The molecule has 0 spiro atoms. The number of benzene rings is 1. The van der Waals surface area contributed by atoms with Gasteiger partial charge in [0.05, 0.1) is 0 Å². The minimum Gasteiger partial charge on any atom is -0.508 e. The zero-order valence-corrected chi connectivity index (χ0v) is 15.3. The van der Waals surface area contributed by atoms with Crippen LogP contribution in [0.15, 0.2) is 6.07 Å². The molecule has 0 saturated heterocycles. The van der Waals surface area contributed by atoms with Gasteiger partial charge in [0.25, 0.3) is 0 Å². The van der Waals surface area contributed by atoms with Crippen LogP contribution >= 0.6 is 0 Å². The van der Waals surface area contributed by atoms with Gasteiger partial charge < -0.3 is 10.0 Å². The van der Waals surface area contributed by atoms with Gasteiger partial charge in [0.1, 0.15) is 11.6 Å². The first-order valence-electron chi connectivity index (χ1n) is 9.04. The molecule has 0 aliphatic heterocycles. The van der Waals surface area contributed by atoms with Gasteiger partial charge in [-0.2, -0.15) is 0 Å². The Labute approximate surface area is 140 Å². The minimum absolute atomic E-state index is 0.000624. The van der Waals surface area contributed by atoms with E-state index >= 15 is 4.39 Å². The normalized spacial score (nSPS) is 18.6. The zero-order chi connectivity index (χ0) is 17.1. The number of nitrogens with zero attached hydrogens (tertiary/aromatic N) is 1.